The van der Waals surface area contributed by atoms with E-state index >= 15 is 0 Å². The summed E-state index contributed by atoms with van der Waals surface area (Å²) >= 11 is 1.40. The van der Waals surface area contributed by atoms with Crippen LogP contribution in [0.4, 0.5) is 5.69 Å². The van der Waals surface area contributed by atoms with Crippen LogP contribution in [-0.2, 0) is 0 Å². The molecule has 4 nitrogen and oxygen atoms in total. The minimum absolute atomic E-state index is 0.592. The van der Waals surface area contributed by atoms with Gasteiger partial charge in [0.25, 0.3) is 5.22 Å². The van der Waals surface area contributed by atoms with E-state index in [0.717, 1.165) is 16.3 Å². The molecule has 1 aromatic heterocycles. The first-order valence-electron chi connectivity index (χ1n) is 4.72. The average Bonchev–Trinajstić information content (AvgIpc) is 2.67. The summed E-state index contributed by atoms with van der Waals surface area (Å²) in [4.78, 5) is 5.10. The molecule has 16 heavy (non-hydrogen) atoms. The van der Waals surface area contributed by atoms with Crippen LogP contribution in [0.3, 0.4) is 0 Å². The van der Waals surface area contributed by atoms with E-state index in [-0.39, 0.29) is 0 Å². The zero-order chi connectivity index (χ0) is 11.5. The Morgan fingerprint density at radius 2 is 2.25 bits per heavy atom. The van der Waals surface area contributed by atoms with Gasteiger partial charge in [-0.1, -0.05) is 0 Å². The van der Waals surface area contributed by atoms with Gasteiger partial charge < -0.3 is 14.9 Å². The van der Waals surface area contributed by atoms with Crippen LogP contribution >= 0.6 is 11.8 Å². The molecule has 0 unspecified atom stereocenters. The van der Waals surface area contributed by atoms with E-state index in [1.807, 2.05) is 19.1 Å². The first-order valence-corrected chi connectivity index (χ1v) is 5.54. The number of nitrogen functional groups attached to an aromatic ring is 1. The van der Waals surface area contributed by atoms with Crippen molar-refractivity contribution in [1.82, 2.24) is 4.98 Å². The van der Waals surface area contributed by atoms with E-state index in [1.54, 1.807) is 19.4 Å². The number of nitrogens with zero attached hydrogens (tertiary/aromatic N) is 1. The predicted molar refractivity (Wildman–Crippen MR) is 62.8 cm³/mol. The summed E-state index contributed by atoms with van der Waals surface area (Å²) in [5.41, 5.74) is 7.39. The molecule has 0 amide bonds. The van der Waals surface area contributed by atoms with Crippen molar-refractivity contribution in [1.29, 1.82) is 0 Å². The van der Waals surface area contributed by atoms with Crippen LogP contribution in [-0.4, -0.2) is 12.1 Å². The van der Waals surface area contributed by atoms with Crippen molar-refractivity contribution >= 4 is 17.4 Å². The molecular weight excluding hydrogens is 224 g/mol. The molecule has 0 bridgehead atoms. The summed E-state index contributed by atoms with van der Waals surface area (Å²) in [7, 11) is 1.61. The molecule has 2 rings (SSSR count). The Labute approximate surface area is 97.8 Å². The summed E-state index contributed by atoms with van der Waals surface area (Å²) in [6.07, 6.45) is 1.61. The average molecular weight is 236 g/mol. The highest BCUT2D eigenvalue weighted by Crippen LogP contribution is 2.33. The smallest absolute Gasteiger partial charge is 0.260 e. The highest BCUT2D eigenvalue weighted by atomic mass is 32.2. The summed E-state index contributed by atoms with van der Waals surface area (Å²) in [5, 5.41) is 0.592. The number of hydrogen-bond donors (Lipinski definition) is 1. The van der Waals surface area contributed by atoms with Gasteiger partial charge >= 0.3 is 0 Å². The van der Waals surface area contributed by atoms with Crippen LogP contribution in [0.1, 0.15) is 5.69 Å². The second-order valence-corrected chi connectivity index (χ2v) is 4.25. The topological polar surface area (TPSA) is 61.3 Å². The Kier molecular flexibility index (Phi) is 3.05. The van der Waals surface area contributed by atoms with Crippen LogP contribution in [0.2, 0.25) is 0 Å². The SMILES string of the molecule is COc1ccc(Sc2nc(C)co2)c(N)c1. The number of aromatic nitrogens is 1. The Morgan fingerprint density at radius 1 is 1.44 bits per heavy atom. The Balaban J connectivity index is 2.21. The monoisotopic (exact) mass is 236 g/mol. The summed E-state index contributed by atoms with van der Waals surface area (Å²) in [6, 6.07) is 5.52. The molecule has 2 aromatic rings. The Hall–Kier alpha value is -1.62. The number of anilines is 1. The molecule has 0 saturated heterocycles. The van der Waals surface area contributed by atoms with Gasteiger partial charge in [-0.3, -0.25) is 0 Å². The van der Waals surface area contributed by atoms with E-state index in [0.29, 0.717) is 10.9 Å². The lowest BCUT2D eigenvalue weighted by molar-refractivity contribution is 0.414. The summed E-state index contributed by atoms with van der Waals surface area (Å²) in [5.74, 6) is 0.741. The Morgan fingerprint density at radius 3 is 2.81 bits per heavy atom. The molecule has 0 aliphatic carbocycles. The molecule has 84 valence electrons. The Bertz CT molecular complexity index is 496. The van der Waals surface area contributed by atoms with Crippen LogP contribution in [0.15, 0.2) is 39.0 Å². The van der Waals surface area contributed by atoms with Crippen molar-refractivity contribution in [3.05, 3.63) is 30.2 Å². The highest BCUT2D eigenvalue weighted by molar-refractivity contribution is 7.99. The maximum atomic E-state index is 5.88. The van der Waals surface area contributed by atoms with E-state index in [2.05, 4.69) is 4.98 Å². The fraction of sp³-hybridized carbons (Fsp3) is 0.182. The van der Waals surface area contributed by atoms with Gasteiger partial charge in [-0.15, -0.1) is 0 Å². The number of methoxy groups -OCH3 is 1. The van der Waals surface area contributed by atoms with Gasteiger partial charge in [-0.05, 0) is 30.8 Å². The largest absolute Gasteiger partial charge is 0.497 e. The molecule has 0 atom stereocenters. The summed E-state index contributed by atoms with van der Waals surface area (Å²) < 4.78 is 10.3. The fourth-order valence-corrected chi connectivity index (χ4v) is 2.01. The first-order chi connectivity index (χ1) is 7.69. The molecular formula is C11H12N2O2S. The lowest BCUT2D eigenvalue weighted by Crippen LogP contribution is -1.90. The van der Waals surface area contributed by atoms with E-state index in [4.69, 9.17) is 14.9 Å². The van der Waals surface area contributed by atoms with Gasteiger partial charge in [0.15, 0.2) is 0 Å². The van der Waals surface area contributed by atoms with Crippen LogP contribution < -0.4 is 10.5 Å². The third kappa shape index (κ3) is 2.30. The molecule has 2 N–H and O–H groups in total. The number of aryl methyl sites for hydroxylation is 1. The molecule has 1 heterocycles. The van der Waals surface area contributed by atoms with Crippen molar-refractivity contribution < 1.29 is 9.15 Å². The van der Waals surface area contributed by atoms with Crippen molar-refractivity contribution in [2.45, 2.75) is 17.0 Å². The third-order valence-electron chi connectivity index (χ3n) is 2.01. The predicted octanol–water partition coefficient (Wildman–Crippen LogP) is 2.73. The van der Waals surface area contributed by atoms with Crippen LogP contribution in [0.25, 0.3) is 0 Å². The zero-order valence-corrected chi connectivity index (χ0v) is 9.88. The fourth-order valence-electron chi connectivity index (χ4n) is 1.22. The van der Waals surface area contributed by atoms with Crippen molar-refractivity contribution in [2.24, 2.45) is 0 Å². The lowest BCUT2D eigenvalue weighted by Gasteiger charge is -2.05. The second kappa shape index (κ2) is 4.49. The summed E-state index contributed by atoms with van der Waals surface area (Å²) in [6.45, 7) is 1.88. The molecule has 5 heteroatoms. The highest BCUT2D eigenvalue weighted by Gasteiger charge is 2.07. The molecule has 1 aromatic carbocycles. The quantitative estimate of drug-likeness (QED) is 0.830. The van der Waals surface area contributed by atoms with Gasteiger partial charge in [0.2, 0.25) is 0 Å². The molecule has 0 aliphatic heterocycles. The molecule has 0 saturated carbocycles. The number of nitrogens with two attached hydrogens (primary N) is 1. The van der Waals surface area contributed by atoms with Gasteiger partial charge in [-0.25, -0.2) is 4.98 Å². The van der Waals surface area contributed by atoms with Gasteiger partial charge in [-0.2, -0.15) is 0 Å². The maximum absolute atomic E-state index is 5.88. The van der Waals surface area contributed by atoms with Crippen molar-refractivity contribution in [3.63, 3.8) is 0 Å². The number of ether oxygens (including phenoxy) is 1. The number of hydrogen-bond acceptors (Lipinski definition) is 5. The van der Waals surface area contributed by atoms with Gasteiger partial charge in [0.05, 0.1) is 12.8 Å². The molecule has 0 fully saturated rings. The normalized spacial score (nSPS) is 10.4. The van der Waals surface area contributed by atoms with Crippen LogP contribution in [0, 0.1) is 6.92 Å². The number of rotatable bonds is 3. The maximum Gasteiger partial charge on any atom is 0.260 e. The van der Waals surface area contributed by atoms with E-state index < -0.39 is 0 Å². The minimum atomic E-state index is 0.592. The van der Waals surface area contributed by atoms with E-state index in [9.17, 15) is 0 Å². The first kappa shape index (κ1) is 10.9. The van der Waals surface area contributed by atoms with Gasteiger partial charge in [0.1, 0.15) is 12.0 Å². The number of benzene rings is 1. The second-order valence-electron chi connectivity index (χ2n) is 3.26. The molecule has 0 spiro atoms. The van der Waals surface area contributed by atoms with Gasteiger partial charge in [0, 0.05) is 16.6 Å². The molecule has 0 aliphatic rings. The third-order valence-corrected chi connectivity index (χ3v) is 2.97. The minimum Gasteiger partial charge on any atom is -0.497 e. The standard InChI is InChI=1S/C11H12N2O2S/c1-7-6-15-11(13-7)16-10-4-3-8(14-2)5-9(10)12/h3-6H,12H2,1-2H3. The van der Waals surface area contributed by atoms with E-state index in [1.165, 1.54) is 11.8 Å². The zero-order valence-electron chi connectivity index (χ0n) is 9.06. The molecule has 0 radical (unpaired) electrons. The lowest BCUT2D eigenvalue weighted by atomic mass is 10.3. The number of oxazole rings is 1. The van der Waals surface area contributed by atoms with Crippen molar-refractivity contribution in [3.8, 4) is 5.75 Å². The van der Waals surface area contributed by atoms with Crippen LogP contribution in [0.5, 0.6) is 5.75 Å². The van der Waals surface area contributed by atoms with Crippen molar-refractivity contribution in [2.75, 3.05) is 12.8 Å².